The van der Waals surface area contributed by atoms with Gasteiger partial charge < -0.3 is 4.74 Å². The minimum atomic E-state index is -4.27. The summed E-state index contributed by atoms with van der Waals surface area (Å²) in [6, 6.07) is 12.7. The van der Waals surface area contributed by atoms with Crippen molar-refractivity contribution in [3.8, 4) is 5.75 Å². The van der Waals surface area contributed by atoms with E-state index in [0.29, 0.717) is 11.1 Å². The monoisotopic (exact) mass is 380 g/mol. The lowest BCUT2D eigenvalue weighted by Crippen LogP contribution is -2.19. The molecule has 2 aromatic carbocycles. The van der Waals surface area contributed by atoms with Gasteiger partial charge in [0.25, 0.3) is 0 Å². The summed E-state index contributed by atoms with van der Waals surface area (Å²) in [7, 11) is 1.69. The molecule has 0 spiro atoms. The molecule has 0 amide bonds. The van der Waals surface area contributed by atoms with E-state index >= 15 is 0 Å². The van der Waals surface area contributed by atoms with Gasteiger partial charge in [-0.2, -0.15) is 13.2 Å². The lowest BCUT2D eigenvalue weighted by atomic mass is 9.83. The standard InChI is InChI=1S/C12H15F3.C11H16O/c1-8-5-6-9(11(2,3)4)10(7-8)12(13,14)15;1-11(2,3)9-5-7-10(12-4)8-6-9/h5-7H,1-4H3;5-8H,1-4H3. The highest BCUT2D eigenvalue weighted by molar-refractivity contribution is 5.38. The molecule has 150 valence electrons. The third-order valence-electron chi connectivity index (χ3n) is 4.24. The van der Waals surface area contributed by atoms with Crippen LogP contribution in [0.5, 0.6) is 5.75 Å². The number of halogens is 3. The molecule has 0 saturated carbocycles. The summed E-state index contributed by atoms with van der Waals surface area (Å²) in [5.74, 6) is 0.919. The van der Waals surface area contributed by atoms with Gasteiger partial charge in [0.05, 0.1) is 12.7 Å². The van der Waals surface area contributed by atoms with Crippen LogP contribution in [0.3, 0.4) is 0 Å². The summed E-state index contributed by atoms with van der Waals surface area (Å²) in [6.45, 7) is 13.6. The summed E-state index contributed by atoms with van der Waals surface area (Å²) in [6.07, 6.45) is -4.27. The van der Waals surface area contributed by atoms with Crippen molar-refractivity contribution < 1.29 is 17.9 Å². The van der Waals surface area contributed by atoms with Gasteiger partial charge in [0.2, 0.25) is 0 Å². The zero-order valence-corrected chi connectivity index (χ0v) is 17.6. The largest absolute Gasteiger partial charge is 0.497 e. The van der Waals surface area contributed by atoms with Gasteiger partial charge in [0.1, 0.15) is 5.75 Å². The molecule has 0 aliphatic carbocycles. The van der Waals surface area contributed by atoms with E-state index in [1.54, 1.807) is 46.9 Å². The van der Waals surface area contributed by atoms with Crippen LogP contribution in [0.4, 0.5) is 13.2 Å². The van der Waals surface area contributed by atoms with Gasteiger partial charge in [-0.05, 0) is 47.1 Å². The van der Waals surface area contributed by atoms with Crippen LogP contribution in [0.1, 0.15) is 63.8 Å². The summed E-state index contributed by atoms with van der Waals surface area (Å²) in [5, 5.41) is 0. The highest BCUT2D eigenvalue weighted by Crippen LogP contribution is 2.37. The molecule has 0 aliphatic rings. The zero-order valence-electron chi connectivity index (χ0n) is 17.6. The first-order chi connectivity index (χ1) is 12.2. The molecule has 27 heavy (non-hydrogen) atoms. The van der Waals surface area contributed by atoms with E-state index in [-0.39, 0.29) is 5.41 Å². The van der Waals surface area contributed by atoms with Crippen LogP contribution in [0.2, 0.25) is 0 Å². The van der Waals surface area contributed by atoms with Crippen molar-refractivity contribution in [2.45, 2.75) is 65.5 Å². The number of ether oxygens (including phenoxy) is 1. The fourth-order valence-corrected chi connectivity index (χ4v) is 2.64. The van der Waals surface area contributed by atoms with Crippen LogP contribution < -0.4 is 4.74 Å². The Balaban J connectivity index is 0.000000277. The number of aryl methyl sites for hydroxylation is 1. The fourth-order valence-electron chi connectivity index (χ4n) is 2.64. The number of alkyl halides is 3. The Morgan fingerprint density at radius 1 is 0.704 bits per heavy atom. The first-order valence-electron chi connectivity index (χ1n) is 8.99. The molecule has 2 rings (SSSR count). The Bertz CT molecular complexity index is 730. The summed E-state index contributed by atoms with van der Waals surface area (Å²) < 4.78 is 43.4. The maximum absolute atomic E-state index is 12.8. The van der Waals surface area contributed by atoms with Crippen molar-refractivity contribution >= 4 is 0 Å². The average molecular weight is 380 g/mol. The lowest BCUT2D eigenvalue weighted by molar-refractivity contribution is -0.138. The molecule has 0 fully saturated rings. The molecule has 0 saturated heterocycles. The first-order valence-corrected chi connectivity index (χ1v) is 8.99. The molecule has 2 aromatic rings. The Kier molecular flexibility index (Phi) is 7.15. The number of benzene rings is 2. The second kappa shape index (κ2) is 8.37. The highest BCUT2D eigenvalue weighted by atomic mass is 19.4. The van der Waals surface area contributed by atoms with Crippen LogP contribution in [0.25, 0.3) is 0 Å². The van der Waals surface area contributed by atoms with E-state index in [1.165, 1.54) is 11.6 Å². The van der Waals surface area contributed by atoms with Crippen molar-refractivity contribution in [2.75, 3.05) is 7.11 Å². The van der Waals surface area contributed by atoms with Gasteiger partial charge >= 0.3 is 6.18 Å². The van der Waals surface area contributed by atoms with Crippen molar-refractivity contribution in [3.63, 3.8) is 0 Å². The van der Waals surface area contributed by atoms with Crippen molar-refractivity contribution in [1.82, 2.24) is 0 Å². The Morgan fingerprint density at radius 3 is 1.59 bits per heavy atom. The minimum Gasteiger partial charge on any atom is -0.497 e. The second-order valence-corrected chi connectivity index (χ2v) is 8.78. The van der Waals surface area contributed by atoms with E-state index < -0.39 is 17.2 Å². The predicted molar refractivity (Wildman–Crippen MR) is 107 cm³/mol. The Labute approximate surface area is 161 Å². The van der Waals surface area contributed by atoms with E-state index in [4.69, 9.17) is 4.74 Å². The molecule has 0 radical (unpaired) electrons. The molecule has 1 nitrogen and oxygen atoms in total. The van der Waals surface area contributed by atoms with Crippen LogP contribution in [0.15, 0.2) is 42.5 Å². The van der Waals surface area contributed by atoms with E-state index in [9.17, 15) is 13.2 Å². The third-order valence-corrected chi connectivity index (χ3v) is 4.24. The third kappa shape index (κ3) is 6.93. The first kappa shape index (κ1) is 23.1. The number of methoxy groups -OCH3 is 1. The highest BCUT2D eigenvalue weighted by Gasteiger charge is 2.36. The van der Waals surface area contributed by atoms with Crippen molar-refractivity contribution in [1.29, 1.82) is 0 Å². The van der Waals surface area contributed by atoms with Gasteiger partial charge in [-0.15, -0.1) is 0 Å². The van der Waals surface area contributed by atoms with Gasteiger partial charge in [-0.25, -0.2) is 0 Å². The fraction of sp³-hybridized carbons (Fsp3) is 0.478. The zero-order chi connectivity index (χ0) is 21.0. The van der Waals surface area contributed by atoms with Gasteiger partial charge in [0.15, 0.2) is 0 Å². The summed E-state index contributed by atoms with van der Waals surface area (Å²) >= 11 is 0. The molecule has 0 aliphatic heterocycles. The number of hydrogen-bond acceptors (Lipinski definition) is 1. The molecule has 0 atom stereocenters. The summed E-state index contributed by atoms with van der Waals surface area (Å²) in [4.78, 5) is 0. The van der Waals surface area contributed by atoms with E-state index in [2.05, 4.69) is 32.9 Å². The second-order valence-electron chi connectivity index (χ2n) is 8.78. The maximum atomic E-state index is 12.8. The summed E-state index contributed by atoms with van der Waals surface area (Å²) in [5.41, 5.74) is 1.54. The molecular weight excluding hydrogens is 349 g/mol. The van der Waals surface area contributed by atoms with Crippen LogP contribution >= 0.6 is 0 Å². The predicted octanol–water partition coefficient (Wildman–Crippen LogP) is 7.30. The van der Waals surface area contributed by atoms with Crippen LogP contribution in [-0.2, 0) is 17.0 Å². The quantitative estimate of drug-likeness (QED) is 0.504. The van der Waals surface area contributed by atoms with E-state index in [0.717, 1.165) is 5.75 Å². The number of hydrogen-bond donors (Lipinski definition) is 0. The molecule has 0 N–H and O–H groups in total. The average Bonchev–Trinajstić information content (AvgIpc) is 2.52. The van der Waals surface area contributed by atoms with Gasteiger partial charge in [-0.1, -0.05) is 71.4 Å². The normalized spacial score (nSPS) is 12.3. The topological polar surface area (TPSA) is 9.23 Å². The van der Waals surface area contributed by atoms with E-state index in [1.807, 2.05) is 12.1 Å². The molecule has 4 heteroatoms. The molecule has 0 unspecified atom stereocenters. The SMILES string of the molecule is COc1ccc(C(C)(C)C)cc1.Cc1ccc(C(C)(C)C)c(C(F)(F)F)c1. The smallest absolute Gasteiger partial charge is 0.416 e. The Morgan fingerprint density at radius 2 is 1.22 bits per heavy atom. The maximum Gasteiger partial charge on any atom is 0.416 e. The molecule has 0 aromatic heterocycles. The van der Waals surface area contributed by atoms with Gasteiger partial charge in [0, 0.05) is 0 Å². The minimum absolute atomic E-state index is 0.228. The molecular formula is C23H31F3O. The number of rotatable bonds is 1. The molecule has 0 bridgehead atoms. The molecule has 0 heterocycles. The Hall–Kier alpha value is -1.97. The van der Waals surface area contributed by atoms with Crippen LogP contribution in [-0.4, -0.2) is 7.11 Å². The van der Waals surface area contributed by atoms with Crippen LogP contribution in [0, 0.1) is 6.92 Å². The van der Waals surface area contributed by atoms with Crippen molar-refractivity contribution in [2.24, 2.45) is 0 Å². The van der Waals surface area contributed by atoms with Crippen molar-refractivity contribution in [3.05, 3.63) is 64.7 Å². The van der Waals surface area contributed by atoms with Gasteiger partial charge in [-0.3, -0.25) is 0 Å². The lowest BCUT2D eigenvalue weighted by Gasteiger charge is -2.24.